The van der Waals surface area contributed by atoms with E-state index in [0.717, 1.165) is 37.1 Å². The molecule has 0 bridgehead atoms. The van der Waals surface area contributed by atoms with Crippen LogP contribution in [0.2, 0.25) is 0 Å². The Balaban J connectivity index is 1.66. The Morgan fingerprint density at radius 2 is 2.08 bits per heavy atom. The first-order valence-electron chi connectivity index (χ1n) is 9.47. The highest BCUT2D eigenvalue weighted by molar-refractivity contribution is 7.89. The molecule has 6 nitrogen and oxygen atoms in total. The molecule has 2 aliphatic heterocycles. The van der Waals surface area contributed by atoms with Crippen molar-refractivity contribution in [3.05, 3.63) is 29.3 Å². The number of sulfonamides is 1. The predicted octanol–water partition coefficient (Wildman–Crippen LogP) is 1.60. The lowest BCUT2D eigenvalue weighted by atomic mass is 9.99. The third kappa shape index (κ3) is 4.45. The van der Waals surface area contributed by atoms with Gasteiger partial charge in [-0.15, -0.1) is 0 Å². The van der Waals surface area contributed by atoms with Gasteiger partial charge in [0.15, 0.2) is 0 Å². The average molecular weight is 380 g/mol. The minimum atomic E-state index is -3.49. The molecule has 1 aromatic carbocycles. The van der Waals surface area contributed by atoms with E-state index in [1.54, 1.807) is 12.1 Å². The number of piperidine rings is 1. The summed E-state index contributed by atoms with van der Waals surface area (Å²) in [5, 5.41) is 0. The van der Waals surface area contributed by atoms with Gasteiger partial charge in [0.1, 0.15) is 0 Å². The van der Waals surface area contributed by atoms with Crippen molar-refractivity contribution in [3.8, 4) is 0 Å². The van der Waals surface area contributed by atoms with E-state index in [1.807, 2.05) is 17.9 Å². The van der Waals surface area contributed by atoms with E-state index in [4.69, 9.17) is 0 Å². The van der Waals surface area contributed by atoms with Crippen LogP contribution in [0.3, 0.4) is 0 Å². The van der Waals surface area contributed by atoms with Crippen molar-refractivity contribution in [1.82, 2.24) is 14.5 Å². The lowest BCUT2D eigenvalue weighted by Gasteiger charge is -2.30. The largest absolute Gasteiger partial charge is 0.338 e. The van der Waals surface area contributed by atoms with Crippen LogP contribution in [0, 0.1) is 5.92 Å². The highest BCUT2D eigenvalue weighted by Crippen LogP contribution is 2.23. The fourth-order valence-corrected chi connectivity index (χ4v) is 5.05. The van der Waals surface area contributed by atoms with Gasteiger partial charge in [0.25, 0.3) is 0 Å². The van der Waals surface area contributed by atoms with Crippen LogP contribution in [-0.4, -0.2) is 57.4 Å². The molecule has 1 fully saturated rings. The maximum Gasteiger partial charge on any atom is 0.240 e. The van der Waals surface area contributed by atoms with E-state index in [2.05, 4.69) is 16.7 Å². The Morgan fingerprint density at radius 1 is 1.27 bits per heavy atom. The molecular formula is C19H29N3O3S. The molecule has 2 aliphatic rings. The summed E-state index contributed by atoms with van der Waals surface area (Å²) in [6.07, 6.45) is 3.40. The summed E-state index contributed by atoms with van der Waals surface area (Å²) in [5.41, 5.74) is 2.08. The molecule has 1 atom stereocenters. The maximum absolute atomic E-state index is 12.7. The number of nitrogens with zero attached hydrogens (tertiary/aromatic N) is 2. The van der Waals surface area contributed by atoms with Gasteiger partial charge in [-0.05, 0) is 62.0 Å². The van der Waals surface area contributed by atoms with Crippen molar-refractivity contribution in [1.29, 1.82) is 0 Å². The monoisotopic (exact) mass is 379 g/mol. The fourth-order valence-electron chi connectivity index (χ4n) is 3.88. The molecule has 0 aliphatic carbocycles. The van der Waals surface area contributed by atoms with Gasteiger partial charge in [0.05, 0.1) is 4.90 Å². The van der Waals surface area contributed by atoms with E-state index in [9.17, 15) is 13.2 Å². The van der Waals surface area contributed by atoms with Crippen LogP contribution in [0.1, 0.15) is 37.3 Å². The van der Waals surface area contributed by atoms with Crippen LogP contribution in [-0.2, 0) is 27.8 Å². The van der Waals surface area contributed by atoms with Gasteiger partial charge < -0.3 is 9.80 Å². The Morgan fingerprint density at radius 3 is 2.81 bits per heavy atom. The van der Waals surface area contributed by atoms with Crippen LogP contribution >= 0.6 is 0 Å². The molecule has 2 heterocycles. The van der Waals surface area contributed by atoms with Gasteiger partial charge in [-0.25, -0.2) is 13.1 Å². The number of carbonyl (C=O) groups is 1. The van der Waals surface area contributed by atoms with Crippen molar-refractivity contribution in [2.45, 2.75) is 44.0 Å². The Labute approximate surface area is 156 Å². The van der Waals surface area contributed by atoms with Crippen molar-refractivity contribution >= 4 is 15.9 Å². The molecular weight excluding hydrogens is 350 g/mol. The first kappa shape index (κ1) is 19.3. The second-order valence-electron chi connectivity index (χ2n) is 7.47. The smallest absolute Gasteiger partial charge is 0.240 e. The maximum atomic E-state index is 12.7. The highest BCUT2D eigenvalue weighted by Gasteiger charge is 2.24. The topological polar surface area (TPSA) is 69.7 Å². The van der Waals surface area contributed by atoms with Gasteiger partial charge in [-0.2, -0.15) is 0 Å². The predicted molar refractivity (Wildman–Crippen MR) is 101 cm³/mol. The minimum absolute atomic E-state index is 0.145. The molecule has 0 radical (unpaired) electrons. The van der Waals surface area contributed by atoms with Crippen molar-refractivity contribution < 1.29 is 13.2 Å². The van der Waals surface area contributed by atoms with E-state index < -0.39 is 10.0 Å². The summed E-state index contributed by atoms with van der Waals surface area (Å²) < 4.78 is 28.1. The summed E-state index contributed by atoms with van der Waals surface area (Å²) in [6, 6.07) is 5.29. The first-order valence-corrected chi connectivity index (χ1v) is 10.9. The SMILES string of the molecule is CCC(=O)N1CCc2cc(S(=O)(=O)NC[C@H]3CCCN(C)C3)ccc2C1. The molecule has 1 saturated heterocycles. The number of hydrogen-bond acceptors (Lipinski definition) is 4. The van der Waals surface area contributed by atoms with E-state index in [0.29, 0.717) is 43.3 Å². The highest BCUT2D eigenvalue weighted by atomic mass is 32.2. The number of amides is 1. The van der Waals surface area contributed by atoms with Crippen LogP contribution in [0.15, 0.2) is 23.1 Å². The van der Waals surface area contributed by atoms with Crippen molar-refractivity contribution in [2.24, 2.45) is 5.92 Å². The standard InChI is InChI=1S/C19H29N3O3S/c1-3-19(23)22-10-8-16-11-18(7-6-17(16)14-22)26(24,25)20-12-15-5-4-9-21(2)13-15/h6-7,11,15,20H,3-5,8-10,12-14H2,1-2H3/t15-/m1/s1. The second kappa shape index (κ2) is 8.06. The number of nitrogens with one attached hydrogen (secondary N) is 1. The molecule has 0 spiro atoms. The first-order chi connectivity index (χ1) is 12.4. The Hall–Kier alpha value is -1.44. The number of fused-ring (bicyclic) bond motifs is 1. The number of likely N-dealkylation sites (tertiary alicyclic amines) is 1. The summed E-state index contributed by atoms with van der Waals surface area (Å²) >= 11 is 0. The molecule has 1 amide bonds. The summed E-state index contributed by atoms with van der Waals surface area (Å²) in [4.78, 5) is 16.3. The molecule has 26 heavy (non-hydrogen) atoms. The zero-order chi connectivity index (χ0) is 18.7. The van der Waals surface area contributed by atoms with Gasteiger partial charge in [0.2, 0.25) is 15.9 Å². The van der Waals surface area contributed by atoms with Gasteiger partial charge in [-0.3, -0.25) is 4.79 Å². The van der Waals surface area contributed by atoms with Gasteiger partial charge in [-0.1, -0.05) is 13.0 Å². The molecule has 1 N–H and O–H groups in total. The van der Waals surface area contributed by atoms with Crippen molar-refractivity contribution in [2.75, 3.05) is 33.2 Å². The lowest BCUT2D eigenvalue weighted by molar-refractivity contribution is -0.131. The summed E-state index contributed by atoms with van der Waals surface area (Å²) in [7, 11) is -1.41. The normalized spacial score (nSPS) is 21.5. The zero-order valence-electron chi connectivity index (χ0n) is 15.7. The quantitative estimate of drug-likeness (QED) is 0.844. The number of benzene rings is 1. The fraction of sp³-hybridized carbons (Fsp3) is 0.632. The molecule has 144 valence electrons. The lowest BCUT2D eigenvalue weighted by Crippen LogP contribution is -2.39. The molecule has 3 rings (SSSR count). The van der Waals surface area contributed by atoms with Crippen LogP contribution in [0.25, 0.3) is 0 Å². The van der Waals surface area contributed by atoms with Crippen molar-refractivity contribution in [3.63, 3.8) is 0 Å². The van der Waals surface area contributed by atoms with E-state index in [1.165, 1.54) is 0 Å². The molecule has 1 aromatic rings. The second-order valence-corrected chi connectivity index (χ2v) is 9.24. The molecule has 0 aromatic heterocycles. The third-order valence-corrected chi connectivity index (χ3v) is 6.86. The molecule has 0 saturated carbocycles. The average Bonchev–Trinajstić information content (AvgIpc) is 2.65. The Bertz CT molecular complexity index is 763. The Kier molecular flexibility index (Phi) is 5.99. The van der Waals surface area contributed by atoms with Crippen LogP contribution < -0.4 is 4.72 Å². The summed E-state index contributed by atoms with van der Waals surface area (Å²) in [6.45, 7) is 5.61. The zero-order valence-corrected chi connectivity index (χ0v) is 16.5. The van der Waals surface area contributed by atoms with E-state index >= 15 is 0 Å². The number of hydrogen-bond donors (Lipinski definition) is 1. The molecule has 0 unspecified atom stereocenters. The van der Waals surface area contributed by atoms with E-state index in [-0.39, 0.29) is 5.91 Å². The van der Waals surface area contributed by atoms with Crippen LogP contribution in [0.4, 0.5) is 0 Å². The molecule has 7 heteroatoms. The van der Waals surface area contributed by atoms with Crippen LogP contribution in [0.5, 0.6) is 0 Å². The number of rotatable bonds is 5. The summed E-state index contributed by atoms with van der Waals surface area (Å²) in [5.74, 6) is 0.515. The number of carbonyl (C=O) groups excluding carboxylic acids is 1. The van der Waals surface area contributed by atoms with Gasteiger partial charge in [0, 0.05) is 32.6 Å². The minimum Gasteiger partial charge on any atom is -0.338 e. The van der Waals surface area contributed by atoms with Gasteiger partial charge >= 0.3 is 0 Å². The third-order valence-electron chi connectivity index (χ3n) is 5.44.